The van der Waals surface area contributed by atoms with Gasteiger partial charge in [-0.2, -0.15) is 0 Å². The summed E-state index contributed by atoms with van der Waals surface area (Å²) in [6.07, 6.45) is 0.893. The highest BCUT2D eigenvalue weighted by Gasteiger charge is 2.25. The highest BCUT2D eigenvalue weighted by atomic mass is 35.5. The second-order valence-electron chi connectivity index (χ2n) is 4.19. The first kappa shape index (κ1) is 12.3. The summed E-state index contributed by atoms with van der Waals surface area (Å²) in [5.41, 5.74) is 0.0342. The molecule has 0 aliphatic carbocycles. The molecule has 1 aromatic rings. The third-order valence-corrected chi connectivity index (χ3v) is 3.30. The van der Waals surface area contributed by atoms with Gasteiger partial charge in [-0.1, -0.05) is 11.6 Å². The molecule has 1 saturated heterocycles. The standard InChI is InChI=1S/C12H14ClFN2O/c1-16(9-4-5-15-7-9)12(17)10-6-8(13)2-3-11(10)14/h2-3,6,9,15H,4-5,7H2,1H3. The molecular formula is C12H14ClFN2O. The lowest BCUT2D eigenvalue weighted by Gasteiger charge is -2.24. The zero-order valence-corrected chi connectivity index (χ0v) is 10.3. The van der Waals surface area contributed by atoms with Crippen LogP contribution in [0.4, 0.5) is 4.39 Å². The van der Waals surface area contributed by atoms with Gasteiger partial charge in [-0.05, 0) is 31.2 Å². The Kier molecular flexibility index (Phi) is 3.64. The van der Waals surface area contributed by atoms with Crippen molar-refractivity contribution in [3.63, 3.8) is 0 Å². The molecule has 1 fully saturated rings. The summed E-state index contributed by atoms with van der Waals surface area (Å²) in [7, 11) is 1.69. The summed E-state index contributed by atoms with van der Waals surface area (Å²) in [6.45, 7) is 1.64. The van der Waals surface area contributed by atoms with Crippen LogP contribution in [0, 0.1) is 5.82 Å². The SMILES string of the molecule is CN(C(=O)c1cc(Cl)ccc1F)C1CCNC1. The van der Waals surface area contributed by atoms with Crippen molar-refractivity contribution in [2.75, 3.05) is 20.1 Å². The zero-order chi connectivity index (χ0) is 12.4. The van der Waals surface area contributed by atoms with Crippen molar-refractivity contribution in [3.05, 3.63) is 34.6 Å². The average Bonchev–Trinajstić information content (AvgIpc) is 2.84. The summed E-state index contributed by atoms with van der Waals surface area (Å²) in [4.78, 5) is 13.7. The number of likely N-dealkylation sites (N-methyl/N-ethyl adjacent to an activating group) is 1. The number of nitrogens with one attached hydrogen (secondary N) is 1. The Morgan fingerprint density at radius 2 is 2.35 bits per heavy atom. The van der Waals surface area contributed by atoms with Crippen LogP contribution in [0.5, 0.6) is 0 Å². The van der Waals surface area contributed by atoms with Crippen molar-refractivity contribution < 1.29 is 9.18 Å². The number of carbonyl (C=O) groups is 1. The van der Waals surface area contributed by atoms with Gasteiger partial charge in [0, 0.05) is 24.7 Å². The van der Waals surface area contributed by atoms with E-state index in [1.807, 2.05) is 0 Å². The molecular weight excluding hydrogens is 243 g/mol. The average molecular weight is 257 g/mol. The number of amides is 1. The van der Waals surface area contributed by atoms with E-state index < -0.39 is 5.82 Å². The molecule has 0 spiro atoms. The maximum atomic E-state index is 13.5. The van der Waals surface area contributed by atoms with Crippen molar-refractivity contribution in [1.29, 1.82) is 0 Å². The molecule has 3 nitrogen and oxygen atoms in total. The first-order valence-corrected chi connectivity index (χ1v) is 5.90. The van der Waals surface area contributed by atoms with Gasteiger partial charge < -0.3 is 10.2 Å². The Balaban J connectivity index is 2.20. The molecule has 0 saturated carbocycles. The fourth-order valence-electron chi connectivity index (χ4n) is 1.99. The van der Waals surface area contributed by atoms with Gasteiger partial charge in [0.25, 0.3) is 5.91 Å². The van der Waals surface area contributed by atoms with Crippen LogP contribution in [-0.2, 0) is 0 Å². The minimum atomic E-state index is -0.530. The molecule has 1 aliphatic heterocycles. The van der Waals surface area contributed by atoms with Gasteiger partial charge in [0.05, 0.1) is 5.56 Å². The highest BCUT2D eigenvalue weighted by Crippen LogP contribution is 2.18. The van der Waals surface area contributed by atoms with E-state index >= 15 is 0 Å². The van der Waals surface area contributed by atoms with Crippen molar-refractivity contribution in [1.82, 2.24) is 10.2 Å². The second-order valence-corrected chi connectivity index (χ2v) is 4.62. The van der Waals surface area contributed by atoms with E-state index in [9.17, 15) is 9.18 Å². The fraction of sp³-hybridized carbons (Fsp3) is 0.417. The Morgan fingerprint density at radius 3 is 3.00 bits per heavy atom. The molecule has 1 atom stereocenters. The number of hydrogen-bond donors (Lipinski definition) is 1. The highest BCUT2D eigenvalue weighted by molar-refractivity contribution is 6.31. The molecule has 0 bridgehead atoms. The smallest absolute Gasteiger partial charge is 0.256 e. The third kappa shape index (κ3) is 2.58. The van der Waals surface area contributed by atoms with Crippen LogP contribution < -0.4 is 5.32 Å². The Morgan fingerprint density at radius 1 is 1.59 bits per heavy atom. The van der Waals surface area contributed by atoms with Crippen LogP contribution in [0.3, 0.4) is 0 Å². The van der Waals surface area contributed by atoms with Crippen molar-refractivity contribution >= 4 is 17.5 Å². The van der Waals surface area contributed by atoms with Crippen molar-refractivity contribution in [2.24, 2.45) is 0 Å². The maximum absolute atomic E-state index is 13.5. The van der Waals surface area contributed by atoms with E-state index in [4.69, 9.17) is 11.6 Å². The van der Waals surface area contributed by atoms with E-state index in [1.54, 1.807) is 11.9 Å². The summed E-state index contributed by atoms with van der Waals surface area (Å²) >= 11 is 5.78. The van der Waals surface area contributed by atoms with Crippen LogP contribution in [0.15, 0.2) is 18.2 Å². The lowest BCUT2D eigenvalue weighted by Crippen LogP contribution is -2.38. The van der Waals surface area contributed by atoms with Gasteiger partial charge in [-0.25, -0.2) is 4.39 Å². The molecule has 1 N–H and O–H groups in total. The van der Waals surface area contributed by atoms with Crippen LogP contribution in [0.25, 0.3) is 0 Å². The molecule has 1 aromatic carbocycles. The van der Waals surface area contributed by atoms with E-state index in [0.717, 1.165) is 19.5 Å². The van der Waals surface area contributed by atoms with Gasteiger partial charge in [0.2, 0.25) is 0 Å². The fourth-order valence-corrected chi connectivity index (χ4v) is 2.16. The summed E-state index contributed by atoms with van der Waals surface area (Å²) in [5.74, 6) is -0.851. The van der Waals surface area contributed by atoms with Gasteiger partial charge in [-0.15, -0.1) is 0 Å². The quantitative estimate of drug-likeness (QED) is 0.877. The third-order valence-electron chi connectivity index (χ3n) is 3.06. The second kappa shape index (κ2) is 5.02. The van der Waals surface area contributed by atoms with Crippen molar-refractivity contribution in [3.8, 4) is 0 Å². The number of rotatable bonds is 2. The van der Waals surface area contributed by atoms with E-state index in [-0.39, 0.29) is 17.5 Å². The van der Waals surface area contributed by atoms with E-state index in [2.05, 4.69) is 5.32 Å². The molecule has 5 heteroatoms. The van der Waals surface area contributed by atoms with E-state index in [1.165, 1.54) is 18.2 Å². The Hall–Kier alpha value is -1.13. The monoisotopic (exact) mass is 256 g/mol. The number of carbonyl (C=O) groups excluding carboxylic acids is 1. The molecule has 2 rings (SSSR count). The molecule has 1 unspecified atom stereocenters. The summed E-state index contributed by atoms with van der Waals surface area (Å²) < 4.78 is 13.5. The van der Waals surface area contributed by atoms with E-state index in [0.29, 0.717) is 5.02 Å². The lowest BCUT2D eigenvalue weighted by atomic mass is 10.1. The minimum Gasteiger partial charge on any atom is -0.337 e. The summed E-state index contributed by atoms with van der Waals surface area (Å²) in [6, 6.07) is 4.15. The maximum Gasteiger partial charge on any atom is 0.256 e. The first-order valence-electron chi connectivity index (χ1n) is 5.52. The van der Waals surface area contributed by atoms with Crippen LogP contribution in [0.2, 0.25) is 5.02 Å². The Bertz CT molecular complexity index is 433. The first-order chi connectivity index (χ1) is 8.09. The lowest BCUT2D eigenvalue weighted by molar-refractivity contribution is 0.0739. The van der Waals surface area contributed by atoms with Crippen molar-refractivity contribution in [2.45, 2.75) is 12.5 Å². The predicted octanol–water partition coefficient (Wildman–Crippen LogP) is 1.91. The normalized spacial score (nSPS) is 19.4. The largest absolute Gasteiger partial charge is 0.337 e. The van der Waals surface area contributed by atoms with Gasteiger partial charge in [-0.3, -0.25) is 4.79 Å². The van der Waals surface area contributed by atoms with Crippen LogP contribution in [0.1, 0.15) is 16.8 Å². The molecule has 0 aromatic heterocycles. The molecule has 17 heavy (non-hydrogen) atoms. The number of benzene rings is 1. The number of nitrogens with zero attached hydrogens (tertiary/aromatic N) is 1. The summed E-state index contributed by atoms with van der Waals surface area (Å²) in [5, 5.41) is 3.54. The van der Waals surface area contributed by atoms with Crippen LogP contribution in [-0.4, -0.2) is 37.0 Å². The minimum absolute atomic E-state index is 0.0342. The molecule has 1 amide bonds. The topological polar surface area (TPSA) is 32.3 Å². The van der Waals surface area contributed by atoms with Gasteiger partial charge in [0.1, 0.15) is 5.82 Å². The number of hydrogen-bond acceptors (Lipinski definition) is 2. The Labute approximate surface area is 105 Å². The molecule has 92 valence electrons. The number of halogens is 2. The zero-order valence-electron chi connectivity index (χ0n) is 9.54. The molecule has 1 aliphatic rings. The molecule has 0 radical (unpaired) electrons. The van der Waals surface area contributed by atoms with Crippen LogP contribution >= 0.6 is 11.6 Å². The van der Waals surface area contributed by atoms with Gasteiger partial charge >= 0.3 is 0 Å². The predicted molar refractivity (Wildman–Crippen MR) is 64.8 cm³/mol. The van der Waals surface area contributed by atoms with Gasteiger partial charge in [0.15, 0.2) is 0 Å². The molecule has 1 heterocycles.